The quantitative estimate of drug-likeness (QED) is 0.840. The third-order valence-corrected chi connectivity index (χ3v) is 4.54. The first-order valence-electron chi connectivity index (χ1n) is 6.64. The van der Waals surface area contributed by atoms with Gasteiger partial charge < -0.3 is 10.6 Å². The van der Waals surface area contributed by atoms with Gasteiger partial charge in [0.05, 0.1) is 5.69 Å². The number of halogens is 1. The van der Waals surface area contributed by atoms with Crippen molar-refractivity contribution in [2.45, 2.75) is 26.7 Å². The second kappa shape index (κ2) is 6.01. The van der Waals surface area contributed by atoms with E-state index in [1.54, 1.807) is 6.20 Å². The number of carbonyl (C=O) groups is 1. The van der Waals surface area contributed by atoms with Crippen LogP contribution >= 0.6 is 15.9 Å². The van der Waals surface area contributed by atoms with Crippen LogP contribution in [0.15, 0.2) is 22.9 Å². The van der Waals surface area contributed by atoms with Crippen molar-refractivity contribution in [2.24, 2.45) is 11.3 Å². The standard InChI is InChI=1S/C14H20BrN3O/c1-14(2,10-5-3-7-16-9-10)13(19)18-11-6-4-8-17-12(11)15/h4,6,8,10,16H,3,5,7,9H2,1-2H3,(H,18,19). The molecule has 1 fully saturated rings. The van der Waals surface area contributed by atoms with Crippen LogP contribution in [0.5, 0.6) is 0 Å². The first-order valence-corrected chi connectivity index (χ1v) is 7.44. The average molecular weight is 326 g/mol. The number of pyridine rings is 1. The molecule has 0 spiro atoms. The van der Waals surface area contributed by atoms with Crippen LogP contribution in [0, 0.1) is 11.3 Å². The van der Waals surface area contributed by atoms with Crippen molar-refractivity contribution < 1.29 is 4.79 Å². The summed E-state index contributed by atoms with van der Waals surface area (Å²) in [6.07, 6.45) is 3.93. The SMILES string of the molecule is CC(C)(C(=O)Nc1cccnc1Br)C1CCCNC1. The highest BCUT2D eigenvalue weighted by molar-refractivity contribution is 9.10. The molecule has 2 N–H and O–H groups in total. The summed E-state index contributed by atoms with van der Waals surface area (Å²) in [7, 11) is 0. The summed E-state index contributed by atoms with van der Waals surface area (Å²) in [5, 5.41) is 6.34. The Morgan fingerprint density at radius 2 is 2.37 bits per heavy atom. The molecule has 1 unspecified atom stereocenters. The Kier molecular flexibility index (Phi) is 4.58. The minimum atomic E-state index is -0.386. The second-order valence-electron chi connectivity index (χ2n) is 5.56. The first-order chi connectivity index (χ1) is 9.01. The Bertz CT molecular complexity index is 456. The number of nitrogens with zero attached hydrogens (tertiary/aromatic N) is 1. The van der Waals surface area contributed by atoms with E-state index in [4.69, 9.17) is 0 Å². The molecule has 2 rings (SSSR count). The normalized spacial score (nSPS) is 20.1. The van der Waals surface area contributed by atoms with Crippen LogP contribution in [0.4, 0.5) is 5.69 Å². The van der Waals surface area contributed by atoms with E-state index in [-0.39, 0.29) is 11.3 Å². The number of anilines is 1. The summed E-state index contributed by atoms with van der Waals surface area (Å²) in [6.45, 7) is 6.01. The summed E-state index contributed by atoms with van der Waals surface area (Å²) in [6, 6.07) is 3.67. The molecule has 1 atom stereocenters. The molecule has 1 saturated heterocycles. The van der Waals surface area contributed by atoms with Crippen LogP contribution in [0.2, 0.25) is 0 Å². The van der Waals surface area contributed by atoms with E-state index < -0.39 is 0 Å². The smallest absolute Gasteiger partial charge is 0.230 e. The molecular formula is C14H20BrN3O. The maximum absolute atomic E-state index is 12.5. The highest BCUT2D eigenvalue weighted by Gasteiger charge is 2.37. The van der Waals surface area contributed by atoms with Gasteiger partial charge in [0.1, 0.15) is 4.60 Å². The van der Waals surface area contributed by atoms with Gasteiger partial charge in [0, 0.05) is 11.6 Å². The highest BCUT2D eigenvalue weighted by Crippen LogP contribution is 2.33. The van der Waals surface area contributed by atoms with Gasteiger partial charge in [0.15, 0.2) is 0 Å². The maximum Gasteiger partial charge on any atom is 0.230 e. The van der Waals surface area contributed by atoms with Gasteiger partial charge in [-0.25, -0.2) is 4.98 Å². The molecule has 1 aliphatic rings. The van der Waals surface area contributed by atoms with Crippen LogP contribution in [-0.4, -0.2) is 24.0 Å². The molecule has 1 aromatic rings. The van der Waals surface area contributed by atoms with Crippen LogP contribution < -0.4 is 10.6 Å². The number of nitrogens with one attached hydrogen (secondary N) is 2. The number of aromatic nitrogens is 1. The first kappa shape index (κ1) is 14.5. The van der Waals surface area contributed by atoms with Crippen molar-refractivity contribution >= 4 is 27.5 Å². The summed E-state index contributed by atoms with van der Waals surface area (Å²) >= 11 is 3.35. The number of piperidine rings is 1. The molecule has 0 radical (unpaired) electrons. The molecule has 2 heterocycles. The van der Waals surface area contributed by atoms with Gasteiger partial charge in [-0.05, 0) is 59.9 Å². The Morgan fingerprint density at radius 3 is 3.00 bits per heavy atom. The molecule has 0 aliphatic carbocycles. The zero-order valence-corrected chi connectivity index (χ0v) is 13.0. The third kappa shape index (κ3) is 3.34. The van der Waals surface area contributed by atoms with Crippen molar-refractivity contribution in [1.82, 2.24) is 10.3 Å². The van der Waals surface area contributed by atoms with Gasteiger partial charge in [0.2, 0.25) is 5.91 Å². The topological polar surface area (TPSA) is 54.0 Å². The Hall–Kier alpha value is -0.940. The molecule has 0 bridgehead atoms. The molecule has 1 aliphatic heterocycles. The van der Waals surface area contributed by atoms with Crippen LogP contribution in [-0.2, 0) is 4.79 Å². The van der Waals surface area contributed by atoms with Crippen LogP contribution in [0.1, 0.15) is 26.7 Å². The lowest BCUT2D eigenvalue weighted by molar-refractivity contribution is -0.127. The number of carbonyl (C=O) groups excluding carboxylic acids is 1. The highest BCUT2D eigenvalue weighted by atomic mass is 79.9. The molecule has 5 heteroatoms. The predicted octanol–water partition coefficient (Wildman–Crippen LogP) is 2.81. The fraction of sp³-hybridized carbons (Fsp3) is 0.571. The Balaban J connectivity index is 2.08. The van der Waals surface area contributed by atoms with Gasteiger partial charge in [-0.15, -0.1) is 0 Å². The van der Waals surface area contributed by atoms with E-state index in [2.05, 4.69) is 31.5 Å². The zero-order chi connectivity index (χ0) is 13.9. The average Bonchev–Trinajstić information content (AvgIpc) is 2.42. The van der Waals surface area contributed by atoms with Gasteiger partial charge >= 0.3 is 0 Å². The lowest BCUT2D eigenvalue weighted by atomic mass is 9.74. The zero-order valence-electron chi connectivity index (χ0n) is 11.4. The molecule has 1 aromatic heterocycles. The Labute approximate surface area is 122 Å². The van der Waals surface area contributed by atoms with E-state index in [0.29, 0.717) is 10.5 Å². The van der Waals surface area contributed by atoms with Crippen molar-refractivity contribution in [3.05, 3.63) is 22.9 Å². The fourth-order valence-electron chi connectivity index (χ4n) is 2.42. The summed E-state index contributed by atoms with van der Waals surface area (Å²) in [5.41, 5.74) is 0.340. The monoisotopic (exact) mass is 325 g/mol. The van der Waals surface area contributed by atoms with E-state index >= 15 is 0 Å². The number of rotatable bonds is 3. The number of hydrogen-bond acceptors (Lipinski definition) is 3. The molecule has 19 heavy (non-hydrogen) atoms. The van der Waals surface area contributed by atoms with Crippen LogP contribution in [0.25, 0.3) is 0 Å². The lowest BCUT2D eigenvalue weighted by Gasteiger charge is -2.36. The molecule has 0 aromatic carbocycles. The minimum Gasteiger partial charge on any atom is -0.323 e. The lowest BCUT2D eigenvalue weighted by Crippen LogP contribution is -2.44. The number of amides is 1. The van der Waals surface area contributed by atoms with Crippen LogP contribution in [0.3, 0.4) is 0 Å². The predicted molar refractivity (Wildman–Crippen MR) is 79.9 cm³/mol. The van der Waals surface area contributed by atoms with Gasteiger partial charge in [-0.3, -0.25) is 4.79 Å². The molecule has 1 amide bonds. The van der Waals surface area contributed by atoms with E-state index in [1.807, 2.05) is 26.0 Å². The summed E-state index contributed by atoms with van der Waals surface area (Å²) in [5.74, 6) is 0.423. The number of hydrogen-bond donors (Lipinski definition) is 2. The van der Waals surface area contributed by atoms with E-state index in [9.17, 15) is 4.79 Å². The second-order valence-corrected chi connectivity index (χ2v) is 6.31. The van der Waals surface area contributed by atoms with Crippen molar-refractivity contribution in [1.29, 1.82) is 0 Å². The third-order valence-electron chi connectivity index (χ3n) is 3.91. The van der Waals surface area contributed by atoms with Gasteiger partial charge in [-0.2, -0.15) is 0 Å². The van der Waals surface area contributed by atoms with E-state index in [1.165, 1.54) is 0 Å². The Morgan fingerprint density at radius 1 is 1.58 bits per heavy atom. The molecule has 4 nitrogen and oxygen atoms in total. The molecular weight excluding hydrogens is 306 g/mol. The van der Waals surface area contributed by atoms with Crippen molar-refractivity contribution in [3.63, 3.8) is 0 Å². The molecule has 104 valence electrons. The van der Waals surface area contributed by atoms with Gasteiger partial charge in [0.25, 0.3) is 0 Å². The maximum atomic E-state index is 12.5. The van der Waals surface area contributed by atoms with Crippen molar-refractivity contribution in [3.8, 4) is 0 Å². The molecule has 0 saturated carbocycles. The van der Waals surface area contributed by atoms with Crippen molar-refractivity contribution in [2.75, 3.05) is 18.4 Å². The minimum absolute atomic E-state index is 0.0508. The fourth-order valence-corrected chi connectivity index (χ4v) is 2.77. The largest absolute Gasteiger partial charge is 0.323 e. The van der Waals surface area contributed by atoms with Gasteiger partial charge in [-0.1, -0.05) is 13.8 Å². The summed E-state index contributed by atoms with van der Waals surface area (Å²) < 4.78 is 0.668. The van der Waals surface area contributed by atoms with E-state index in [0.717, 1.165) is 31.6 Å². The summed E-state index contributed by atoms with van der Waals surface area (Å²) in [4.78, 5) is 16.6.